The number of carbonyl (C=O) groups is 2. The second-order valence-corrected chi connectivity index (χ2v) is 16.7. The highest BCUT2D eigenvalue weighted by Crippen LogP contribution is 2.15. The molecule has 5 heteroatoms. The molecule has 0 rings (SSSR count). The van der Waals surface area contributed by atoms with Crippen LogP contribution in [0.4, 0.5) is 0 Å². The molecule has 0 saturated heterocycles. The van der Waals surface area contributed by atoms with E-state index in [1.807, 2.05) is 0 Å². The minimum Gasteiger partial charge on any atom is -0.462 e. The van der Waals surface area contributed by atoms with E-state index in [2.05, 4.69) is 45.1 Å². The number of rotatable bonds is 46. The van der Waals surface area contributed by atoms with E-state index in [1.165, 1.54) is 173 Å². The Morgan fingerprint density at radius 1 is 0.375 bits per heavy atom. The Morgan fingerprint density at radius 3 is 1.16 bits per heavy atom. The van der Waals surface area contributed by atoms with Gasteiger partial charge in [-0.3, -0.25) is 9.59 Å². The van der Waals surface area contributed by atoms with Crippen molar-refractivity contribution in [3.63, 3.8) is 0 Å². The van der Waals surface area contributed by atoms with Crippen LogP contribution in [0.3, 0.4) is 0 Å². The maximum atomic E-state index is 12.7. The molecule has 0 aromatic heterocycles. The van der Waals surface area contributed by atoms with Gasteiger partial charge < -0.3 is 14.2 Å². The van der Waals surface area contributed by atoms with Gasteiger partial charge in [0.2, 0.25) is 0 Å². The molecule has 0 aliphatic carbocycles. The van der Waals surface area contributed by atoms with E-state index in [4.69, 9.17) is 14.2 Å². The van der Waals surface area contributed by atoms with Gasteiger partial charge in [-0.25, -0.2) is 0 Å². The first-order chi connectivity index (χ1) is 27.6. The first-order valence-corrected chi connectivity index (χ1v) is 24.9. The van der Waals surface area contributed by atoms with E-state index in [0.29, 0.717) is 19.4 Å². The van der Waals surface area contributed by atoms with E-state index in [9.17, 15) is 9.59 Å². The summed E-state index contributed by atoms with van der Waals surface area (Å²) in [6.45, 7) is 7.80. The van der Waals surface area contributed by atoms with Crippen LogP contribution in [0.5, 0.6) is 0 Å². The molecule has 0 radical (unpaired) electrons. The fraction of sp³-hybridized carbons (Fsp3) is 0.882. The van der Waals surface area contributed by atoms with Crippen LogP contribution in [-0.4, -0.2) is 37.9 Å². The molecule has 5 nitrogen and oxygen atoms in total. The average molecular weight is 789 g/mol. The zero-order valence-electron chi connectivity index (χ0n) is 37.9. The molecule has 1 atom stereocenters. The first kappa shape index (κ1) is 54.4. The summed E-state index contributed by atoms with van der Waals surface area (Å²) in [7, 11) is 0. The highest BCUT2D eigenvalue weighted by atomic mass is 16.6. The third kappa shape index (κ3) is 45.1. The Balaban J connectivity index is 4.21. The number of hydrogen-bond donors (Lipinski definition) is 0. The zero-order valence-corrected chi connectivity index (χ0v) is 37.9. The summed E-state index contributed by atoms with van der Waals surface area (Å²) in [5.41, 5.74) is 0. The molecule has 0 bridgehead atoms. The van der Waals surface area contributed by atoms with E-state index in [-0.39, 0.29) is 25.2 Å². The highest BCUT2D eigenvalue weighted by Gasteiger charge is 2.17. The van der Waals surface area contributed by atoms with E-state index >= 15 is 0 Å². The van der Waals surface area contributed by atoms with Gasteiger partial charge in [-0.05, 0) is 64.2 Å². The molecule has 0 N–H and O–H groups in total. The Morgan fingerprint density at radius 2 is 0.714 bits per heavy atom. The van der Waals surface area contributed by atoms with E-state index in [0.717, 1.165) is 57.8 Å². The van der Waals surface area contributed by atoms with Crippen LogP contribution in [0.1, 0.15) is 265 Å². The number of unbranched alkanes of at least 4 members (excludes halogenated alkanes) is 31. The first-order valence-electron chi connectivity index (χ1n) is 24.9. The lowest BCUT2D eigenvalue weighted by Gasteiger charge is -2.18. The van der Waals surface area contributed by atoms with Gasteiger partial charge in [0.1, 0.15) is 6.61 Å². The van der Waals surface area contributed by atoms with Crippen molar-refractivity contribution in [3.8, 4) is 0 Å². The van der Waals surface area contributed by atoms with Crippen molar-refractivity contribution in [1.29, 1.82) is 0 Å². The number of allylic oxidation sites excluding steroid dienone is 4. The Hall–Kier alpha value is -1.62. The number of esters is 2. The molecule has 0 fully saturated rings. The fourth-order valence-electron chi connectivity index (χ4n) is 7.19. The molecule has 0 amide bonds. The lowest BCUT2D eigenvalue weighted by atomic mass is 10.0. The quantitative estimate of drug-likeness (QED) is 0.0349. The molecule has 0 unspecified atom stereocenters. The molecule has 0 aromatic carbocycles. The van der Waals surface area contributed by atoms with Crippen LogP contribution in [0, 0.1) is 0 Å². The SMILES string of the molecule is CCCC/C=C\CCCCCCCC(=O)O[C@H](COCCCCCCCCCCCCCCCCCC)COC(=O)CCCCCCC/C=C\CCCCCC. The summed E-state index contributed by atoms with van der Waals surface area (Å²) in [5.74, 6) is -0.405. The van der Waals surface area contributed by atoms with Crippen LogP contribution in [-0.2, 0) is 23.8 Å². The highest BCUT2D eigenvalue weighted by molar-refractivity contribution is 5.70. The topological polar surface area (TPSA) is 61.8 Å². The number of hydrogen-bond acceptors (Lipinski definition) is 5. The van der Waals surface area contributed by atoms with Gasteiger partial charge in [0.25, 0.3) is 0 Å². The third-order valence-corrected chi connectivity index (χ3v) is 11.0. The molecule has 0 heterocycles. The predicted molar refractivity (Wildman–Crippen MR) is 242 cm³/mol. The van der Waals surface area contributed by atoms with Crippen LogP contribution < -0.4 is 0 Å². The molecule has 0 spiro atoms. The summed E-state index contributed by atoms with van der Waals surface area (Å²) in [6.07, 6.45) is 54.6. The summed E-state index contributed by atoms with van der Waals surface area (Å²) in [4.78, 5) is 25.3. The molecule has 330 valence electrons. The van der Waals surface area contributed by atoms with Crippen LogP contribution >= 0.6 is 0 Å². The molecule has 0 aromatic rings. The average Bonchev–Trinajstić information content (AvgIpc) is 3.20. The van der Waals surface area contributed by atoms with Crippen LogP contribution in [0.15, 0.2) is 24.3 Å². The Bertz CT molecular complexity index is 851. The van der Waals surface area contributed by atoms with Crippen molar-refractivity contribution in [1.82, 2.24) is 0 Å². The predicted octanol–water partition coefficient (Wildman–Crippen LogP) is 16.5. The standard InChI is InChI=1S/C51H96O5/c1-4-7-10-13-16-19-22-24-25-26-28-31-34-37-40-43-46-54-47-49(56-51(53)45-42-39-36-33-29-21-18-15-12-9-6-3)48-55-50(52)44-41-38-35-32-30-27-23-20-17-14-11-8-5-2/h15,18,20,23,49H,4-14,16-17,19,21-22,24-48H2,1-3H3/b18-15-,23-20-/t49-/m1/s1. The number of ether oxygens (including phenoxy) is 3. The van der Waals surface area contributed by atoms with Gasteiger partial charge in [0.15, 0.2) is 6.10 Å². The maximum Gasteiger partial charge on any atom is 0.306 e. The molecule has 56 heavy (non-hydrogen) atoms. The van der Waals surface area contributed by atoms with Crippen molar-refractivity contribution in [2.75, 3.05) is 19.8 Å². The second kappa shape index (κ2) is 47.8. The molecule has 0 aliphatic rings. The van der Waals surface area contributed by atoms with Gasteiger partial charge >= 0.3 is 11.9 Å². The van der Waals surface area contributed by atoms with Crippen molar-refractivity contribution in [2.24, 2.45) is 0 Å². The summed E-state index contributed by atoms with van der Waals surface area (Å²) in [6, 6.07) is 0. The normalized spacial score (nSPS) is 12.3. The lowest BCUT2D eigenvalue weighted by Crippen LogP contribution is -2.30. The minimum atomic E-state index is -0.535. The zero-order chi connectivity index (χ0) is 40.7. The van der Waals surface area contributed by atoms with E-state index < -0.39 is 6.10 Å². The smallest absolute Gasteiger partial charge is 0.306 e. The molecular formula is C51H96O5. The van der Waals surface area contributed by atoms with Crippen molar-refractivity contribution >= 4 is 11.9 Å². The fourth-order valence-corrected chi connectivity index (χ4v) is 7.19. The van der Waals surface area contributed by atoms with Gasteiger partial charge in [-0.15, -0.1) is 0 Å². The van der Waals surface area contributed by atoms with E-state index in [1.54, 1.807) is 0 Å². The van der Waals surface area contributed by atoms with Crippen LogP contribution in [0.25, 0.3) is 0 Å². The summed E-state index contributed by atoms with van der Waals surface area (Å²) < 4.78 is 17.4. The maximum absolute atomic E-state index is 12.7. The van der Waals surface area contributed by atoms with Gasteiger partial charge in [-0.1, -0.05) is 212 Å². The number of carbonyl (C=O) groups excluding carboxylic acids is 2. The van der Waals surface area contributed by atoms with Crippen molar-refractivity contribution < 1.29 is 23.8 Å². The van der Waals surface area contributed by atoms with Crippen molar-refractivity contribution in [3.05, 3.63) is 24.3 Å². The van der Waals surface area contributed by atoms with Gasteiger partial charge in [0, 0.05) is 19.4 Å². The van der Waals surface area contributed by atoms with Gasteiger partial charge in [0.05, 0.1) is 6.61 Å². The summed E-state index contributed by atoms with van der Waals surface area (Å²) in [5, 5.41) is 0. The lowest BCUT2D eigenvalue weighted by molar-refractivity contribution is -0.163. The molecular weight excluding hydrogens is 693 g/mol. The van der Waals surface area contributed by atoms with Crippen LogP contribution in [0.2, 0.25) is 0 Å². The Kier molecular flexibility index (Phi) is 46.4. The summed E-state index contributed by atoms with van der Waals surface area (Å²) >= 11 is 0. The largest absolute Gasteiger partial charge is 0.462 e. The van der Waals surface area contributed by atoms with Gasteiger partial charge in [-0.2, -0.15) is 0 Å². The Labute approximate surface area is 349 Å². The molecule has 0 aliphatic heterocycles. The minimum absolute atomic E-state index is 0.0834. The third-order valence-electron chi connectivity index (χ3n) is 11.0. The second-order valence-electron chi connectivity index (χ2n) is 16.7. The van der Waals surface area contributed by atoms with Crippen molar-refractivity contribution in [2.45, 2.75) is 271 Å². The monoisotopic (exact) mass is 789 g/mol. The molecule has 0 saturated carbocycles.